The highest BCUT2D eigenvalue weighted by molar-refractivity contribution is 6.30. The normalized spacial score (nSPS) is 21.0. The molecule has 1 fully saturated rings. The smallest absolute Gasteiger partial charge is 0.267 e. The Morgan fingerprint density at radius 1 is 1.41 bits per heavy atom. The molecule has 1 aliphatic rings. The number of hydrogen-bond acceptors (Lipinski definition) is 2. The summed E-state index contributed by atoms with van der Waals surface area (Å²) in [4.78, 5) is 14.8. The highest BCUT2D eigenvalue weighted by Crippen LogP contribution is 2.34. The zero-order valence-electron chi connectivity index (χ0n) is 11.8. The maximum Gasteiger partial charge on any atom is 0.267 e. The van der Waals surface area contributed by atoms with Crippen molar-refractivity contribution >= 4 is 17.5 Å². The van der Waals surface area contributed by atoms with Gasteiger partial charge in [0.05, 0.1) is 11.1 Å². The lowest BCUT2D eigenvalue weighted by Crippen LogP contribution is -2.30. The number of carbonyl (C=O) groups excluding carboxylic acids is 1. The molecule has 1 saturated heterocycles. The maximum absolute atomic E-state index is 13.0. The Bertz CT molecular complexity index is 656. The third kappa shape index (κ3) is 3.31. The van der Waals surface area contributed by atoms with Crippen LogP contribution in [0.5, 0.6) is 0 Å². The number of halogens is 2. The summed E-state index contributed by atoms with van der Waals surface area (Å²) in [6.45, 7) is 1.13. The van der Waals surface area contributed by atoms with Crippen LogP contribution in [0.4, 0.5) is 4.39 Å². The predicted molar refractivity (Wildman–Crippen MR) is 81.3 cm³/mol. The lowest BCUT2D eigenvalue weighted by atomic mass is 9.95. The van der Waals surface area contributed by atoms with E-state index in [2.05, 4.69) is 10.3 Å². The molecular weight excluding hydrogens is 307 g/mol. The van der Waals surface area contributed by atoms with Gasteiger partial charge >= 0.3 is 0 Å². The summed E-state index contributed by atoms with van der Waals surface area (Å²) in [5.41, 5.74) is 1.36. The van der Waals surface area contributed by atoms with Crippen LogP contribution >= 0.6 is 11.6 Å². The minimum absolute atomic E-state index is 0.117. The van der Waals surface area contributed by atoms with E-state index in [9.17, 15) is 9.18 Å². The van der Waals surface area contributed by atoms with Crippen molar-refractivity contribution < 1.29 is 13.9 Å². The number of carbonyl (C=O) groups is 1. The molecule has 0 spiro atoms. The fraction of sp³-hybridized carbons (Fsp3) is 0.312. The molecule has 3 rings (SSSR count). The zero-order chi connectivity index (χ0) is 15.5. The van der Waals surface area contributed by atoms with Crippen molar-refractivity contribution in [3.8, 4) is 0 Å². The Morgan fingerprint density at radius 3 is 2.86 bits per heavy atom. The monoisotopic (exact) mass is 322 g/mol. The molecule has 0 bridgehead atoms. The number of hydrogen-bond donors (Lipinski definition) is 2. The summed E-state index contributed by atoms with van der Waals surface area (Å²) in [6.07, 6.45) is 2.30. The van der Waals surface area contributed by atoms with Gasteiger partial charge in [-0.15, -0.1) is 0 Å². The average molecular weight is 323 g/mol. The van der Waals surface area contributed by atoms with Crippen LogP contribution in [-0.4, -0.2) is 24.0 Å². The summed E-state index contributed by atoms with van der Waals surface area (Å²) >= 11 is 5.79. The summed E-state index contributed by atoms with van der Waals surface area (Å²) in [6, 6.07) is 7.89. The Labute approximate surface area is 132 Å². The zero-order valence-corrected chi connectivity index (χ0v) is 12.6. The molecule has 0 radical (unpaired) electrons. The van der Waals surface area contributed by atoms with Gasteiger partial charge in [-0.3, -0.25) is 4.79 Å². The van der Waals surface area contributed by atoms with Crippen molar-refractivity contribution in [3.63, 3.8) is 0 Å². The van der Waals surface area contributed by atoms with E-state index in [4.69, 9.17) is 16.3 Å². The van der Waals surface area contributed by atoms with E-state index in [1.807, 2.05) is 0 Å². The van der Waals surface area contributed by atoms with Gasteiger partial charge in [0.25, 0.3) is 5.91 Å². The highest BCUT2D eigenvalue weighted by Gasteiger charge is 2.30. The lowest BCUT2D eigenvalue weighted by Gasteiger charge is -2.19. The summed E-state index contributed by atoms with van der Waals surface area (Å²) in [5, 5.41) is 3.38. The van der Waals surface area contributed by atoms with Crippen LogP contribution in [-0.2, 0) is 4.74 Å². The molecule has 0 unspecified atom stereocenters. The highest BCUT2D eigenvalue weighted by atomic mass is 35.5. The first kappa shape index (κ1) is 15.1. The first-order valence-corrected chi connectivity index (χ1v) is 7.50. The number of ether oxygens (including phenoxy) is 1. The third-order valence-electron chi connectivity index (χ3n) is 3.83. The van der Waals surface area contributed by atoms with Gasteiger partial charge in [-0.1, -0.05) is 23.7 Å². The topological polar surface area (TPSA) is 54.1 Å². The Balaban J connectivity index is 1.61. The maximum atomic E-state index is 13.0. The molecule has 1 aromatic carbocycles. The molecule has 2 aromatic rings. The molecule has 1 aliphatic heterocycles. The number of rotatable bonds is 4. The molecule has 1 aromatic heterocycles. The van der Waals surface area contributed by atoms with Crippen molar-refractivity contribution in [2.75, 3.05) is 13.2 Å². The molecule has 116 valence electrons. The van der Waals surface area contributed by atoms with Crippen LogP contribution in [0.3, 0.4) is 0 Å². The van der Waals surface area contributed by atoms with E-state index >= 15 is 0 Å². The van der Waals surface area contributed by atoms with E-state index < -0.39 is 0 Å². The Morgan fingerprint density at radius 2 is 2.18 bits per heavy atom. The fourth-order valence-electron chi connectivity index (χ4n) is 2.68. The summed E-state index contributed by atoms with van der Waals surface area (Å²) in [7, 11) is 0. The first-order chi connectivity index (χ1) is 10.6. The van der Waals surface area contributed by atoms with Gasteiger partial charge in [-0.2, -0.15) is 0 Å². The lowest BCUT2D eigenvalue weighted by molar-refractivity contribution is 0.0844. The number of benzene rings is 1. The van der Waals surface area contributed by atoms with Crippen LogP contribution in [0.15, 0.2) is 36.5 Å². The van der Waals surface area contributed by atoms with Crippen LogP contribution in [0, 0.1) is 11.7 Å². The minimum Gasteiger partial charge on any atom is -0.373 e. The molecule has 22 heavy (non-hydrogen) atoms. The van der Waals surface area contributed by atoms with E-state index in [0.29, 0.717) is 23.9 Å². The fourth-order valence-corrected chi connectivity index (χ4v) is 2.85. The molecular formula is C16H16ClFN2O2. The number of aromatic amines is 1. The number of H-pyrrole nitrogens is 1. The molecule has 0 saturated carbocycles. The molecule has 6 heteroatoms. The number of amides is 1. The SMILES string of the molecule is O=C(NC[C@@H]1CCO[C@H]1c1ccc(F)cc1)c1cc(Cl)c[nH]1. The van der Waals surface area contributed by atoms with Crippen LogP contribution in [0.25, 0.3) is 0 Å². The van der Waals surface area contributed by atoms with Gasteiger partial charge in [0.1, 0.15) is 11.5 Å². The van der Waals surface area contributed by atoms with Crippen molar-refractivity contribution in [3.05, 3.63) is 58.6 Å². The quantitative estimate of drug-likeness (QED) is 0.907. The van der Waals surface area contributed by atoms with Crippen LogP contribution < -0.4 is 5.32 Å². The molecule has 1 amide bonds. The second-order valence-corrected chi connectivity index (χ2v) is 5.77. The Hall–Kier alpha value is -1.85. The summed E-state index contributed by atoms with van der Waals surface area (Å²) < 4.78 is 18.7. The average Bonchev–Trinajstić information content (AvgIpc) is 3.14. The van der Waals surface area contributed by atoms with Crippen LogP contribution in [0.2, 0.25) is 5.02 Å². The van der Waals surface area contributed by atoms with Crippen molar-refractivity contribution in [2.45, 2.75) is 12.5 Å². The predicted octanol–water partition coefficient (Wildman–Crippen LogP) is 3.31. The summed E-state index contributed by atoms with van der Waals surface area (Å²) in [5.74, 6) is -0.299. The van der Waals surface area contributed by atoms with Crippen molar-refractivity contribution in [1.29, 1.82) is 0 Å². The standard InChI is InChI=1S/C16H16ClFN2O2/c17-12-7-14(19-9-12)16(21)20-8-11-5-6-22-15(11)10-1-3-13(18)4-2-10/h1-4,7,9,11,15,19H,5-6,8H2,(H,20,21)/t11-,15-/m0/s1. The van der Waals surface area contributed by atoms with Crippen LogP contribution in [0.1, 0.15) is 28.6 Å². The molecule has 0 aliphatic carbocycles. The van der Waals surface area contributed by atoms with E-state index in [0.717, 1.165) is 12.0 Å². The van der Waals surface area contributed by atoms with E-state index in [1.54, 1.807) is 24.4 Å². The molecule has 2 heterocycles. The largest absolute Gasteiger partial charge is 0.373 e. The van der Waals surface area contributed by atoms with Gasteiger partial charge < -0.3 is 15.0 Å². The third-order valence-corrected chi connectivity index (χ3v) is 4.05. The van der Waals surface area contributed by atoms with Gasteiger partial charge in [0, 0.05) is 25.3 Å². The molecule has 4 nitrogen and oxygen atoms in total. The van der Waals surface area contributed by atoms with Gasteiger partial charge in [-0.25, -0.2) is 4.39 Å². The first-order valence-electron chi connectivity index (χ1n) is 7.12. The van der Waals surface area contributed by atoms with Crippen molar-refractivity contribution in [2.24, 2.45) is 5.92 Å². The van der Waals surface area contributed by atoms with E-state index in [1.165, 1.54) is 12.1 Å². The van der Waals surface area contributed by atoms with E-state index in [-0.39, 0.29) is 23.7 Å². The number of nitrogens with one attached hydrogen (secondary N) is 2. The van der Waals surface area contributed by atoms with Crippen molar-refractivity contribution in [1.82, 2.24) is 10.3 Å². The minimum atomic E-state index is -0.268. The molecule has 2 N–H and O–H groups in total. The molecule has 2 atom stereocenters. The van der Waals surface area contributed by atoms with Gasteiger partial charge in [0.15, 0.2) is 0 Å². The Kier molecular flexibility index (Phi) is 4.45. The van der Waals surface area contributed by atoms with Gasteiger partial charge in [-0.05, 0) is 30.2 Å². The second kappa shape index (κ2) is 6.50. The number of aromatic nitrogens is 1. The second-order valence-electron chi connectivity index (χ2n) is 5.33. The van der Waals surface area contributed by atoms with Gasteiger partial charge in [0.2, 0.25) is 0 Å².